The van der Waals surface area contributed by atoms with Crippen molar-refractivity contribution in [3.8, 4) is 5.75 Å². The minimum Gasteiger partial charge on any atom is -0.502 e. The predicted molar refractivity (Wildman–Crippen MR) is 138 cm³/mol. The number of esters is 1. The van der Waals surface area contributed by atoms with Crippen molar-refractivity contribution in [3.63, 3.8) is 0 Å². The molecular formula is C27H40ClN3O3+2. The Morgan fingerprint density at radius 2 is 1.85 bits per heavy atom. The lowest BCUT2D eigenvalue weighted by Crippen LogP contribution is -2.72. The Bertz CT molecular complexity index is 959. The zero-order valence-electron chi connectivity index (χ0n) is 21.0. The molecule has 6 nitrogen and oxygen atoms in total. The van der Waals surface area contributed by atoms with Gasteiger partial charge in [-0.05, 0) is 36.0 Å². The number of nitrogens with two attached hydrogens (primary N) is 2. The van der Waals surface area contributed by atoms with Crippen LogP contribution in [-0.2, 0) is 21.4 Å². The summed E-state index contributed by atoms with van der Waals surface area (Å²) in [4.78, 5) is 12.2. The van der Waals surface area contributed by atoms with Gasteiger partial charge < -0.3 is 9.84 Å². The normalized spacial score (nSPS) is 15.0. The molecule has 0 fully saturated rings. The summed E-state index contributed by atoms with van der Waals surface area (Å²) >= 11 is 5.97. The van der Waals surface area contributed by atoms with E-state index in [0.29, 0.717) is 41.6 Å². The van der Waals surface area contributed by atoms with Crippen molar-refractivity contribution >= 4 is 34.7 Å². The zero-order chi connectivity index (χ0) is 25.1. The third kappa shape index (κ3) is 9.07. The molecule has 2 rings (SSSR count). The molecule has 1 aromatic carbocycles. The second-order valence-corrected chi connectivity index (χ2v) is 10.2. The summed E-state index contributed by atoms with van der Waals surface area (Å²) in [6.07, 6.45) is 12.9. The van der Waals surface area contributed by atoms with Crippen LogP contribution in [0, 0.1) is 0 Å². The van der Waals surface area contributed by atoms with E-state index in [9.17, 15) is 9.90 Å². The number of benzene rings is 1. The summed E-state index contributed by atoms with van der Waals surface area (Å²) in [6.45, 7) is 8.80. The van der Waals surface area contributed by atoms with Crippen LogP contribution in [0.25, 0.3) is 0 Å². The lowest BCUT2D eigenvalue weighted by atomic mass is 9.84. The van der Waals surface area contributed by atoms with Crippen molar-refractivity contribution in [2.75, 3.05) is 6.61 Å². The maximum absolute atomic E-state index is 12.2. The number of quaternary nitrogens is 1. The van der Waals surface area contributed by atoms with Gasteiger partial charge >= 0.3 is 5.97 Å². The first-order valence-corrected chi connectivity index (χ1v) is 12.6. The van der Waals surface area contributed by atoms with Crippen molar-refractivity contribution in [2.24, 2.45) is 5.10 Å². The highest BCUT2D eigenvalue weighted by atomic mass is 35.5. The number of rotatable bonds is 12. The van der Waals surface area contributed by atoms with Gasteiger partial charge in [-0.1, -0.05) is 82.6 Å². The number of aromatic hydroxyl groups is 1. The van der Waals surface area contributed by atoms with Gasteiger partial charge in [-0.3, -0.25) is 10.2 Å². The minimum absolute atomic E-state index is 0.179. The number of nitrogens with zero attached hydrogens (tertiary/aromatic N) is 1. The molecule has 0 aliphatic heterocycles. The third-order valence-electron chi connectivity index (χ3n) is 5.72. The summed E-state index contributed by atoms with van der Waals surface area (Å²) in [5.74, 6) is -0.0127. The lowest BCUT2D eigenvalue weighted by molar-refractivity contribution is -0.577. The molecule has 1 aliphatic carbocycles. The molecule has 0 radical (unpaired) electrons. The molecule has 1 aliphatic rings. The topological polar surface area (TPSA) is 101 Å². The van der Waals surface area contributed by atoms with Gasteiger partial charge in [0.05, 0.1) is 6.61 Å². The van der Waals surface area contributed by atoms with Gasteiger partial charge in [0, 0.05) is 29.2 Å². The molecule has 0 heterocycles. The van der Waals surface area contributed by atoms with Gasteiger partial charge in [0.1, 0.15) is 0 Å². The van der Waals surface area contributed by atoms with E-state index in [0.717, 1.165) is 24.0 Å². The van der Waals surface area contributed by atoms with Crippen LogP contribution in [0.15, 0.2) is 40.5 Å². The van der Waals surface area contributed by atoms with E-state index in [1.54, 1.807) is 23.7 Å². The maximum atomic E-state index is 12.2. The van der Waals surface area contributed by atoms with E-state index >= 15 is 0 Å². The van der Waals surface area contributed by atoms with E-state index in [4.69, 9.17) is 21.7 Å². The SMILES string of the molecule is CCCCCCCCOC(=O)CCc1cc([NH2+]/N=C2/C=CC(Cl)=CC2=[NH2+])c(O)c(C(C)(C)C)c1. The number of hydrogen-bond donors (Lipinski definition) is 3. The minimum atomic E-state index is -0.278. The first-order chi connectivity index (χ1) is 16.1. The second kappa shape index (κ2) is 13.4. The Hall–Kier alpha value is -2.44. The number of allylic oxidation sites excluding steroid dienone is 4. The summed E-state index contributed by atoms with van der Waals surface area (Å²) in [7, 11) is 0. The van der Waals surface area contributed by atoms with Crippen molar-refractivity contribution in [2.45, 2.75) is 84.5 Å². The van der Waals surface area contributed by atoms with Crippen LogP contribution in [0.1, 0.15) is 83.8 Å². The van der Waals surface area contributed by atoms with Gasteiger partial charge in [-0.25, -0.2) is 0 Å². The number of ether oxygens (including phenoxy) is 1. The molecule has 34 heavy (non-hydrogen) atoms. The first kappa shape index (κ1) is 27.8. The standard InChI is InChI=1S/C27H38ClN3O3/c1-5-6-7-8-9-10-15-34-25(32)14-11-19-16-21(27(2,3)4)26(33)24(17-19)31-30-23-13-12-20(28)18-22(23)29/h12-13,16-18,29,31,33H,5-11,14-15H2,1-4H3/p+2/b29-22?,30-23-. The largest absolute Gasteiger partial charge is 0.502 e. The number of phenolic OH excluding ortho intramolecular Hbond substituents is 1. The second-order valence-electron chi connectivity index (χ2n) is 9.78. The highest BCUT2D eigenvalue weighted by Gasteiger charge is 2.24. The summed E-state index contributed by atoms with van der Waals surface area (Å²) in [5, 5.41) is 21.9. The van der Waals surface area contributed by atoms with Gasteiger partial charge in [-0.2, -0.15) is 5.43 Å². The molecule has 0 unspecified atom stereocenters. The Kier molecular flexibility index (Phi) is 11.0. The lowest BCUT2D eigenvalue weighted by Gasteiger charge is -2.22. The molecule has 0 amide bonds. The number of aryl methyl sites for hydroxylation is 1. The van der Waals surface area contributed by atoms with Crippen molar-refractivity contribution < 1.29 is 25.5 Å². The quantitative estimate of drug-likeness (QED) is 0.0787. The number of carbonyl (C=O) groups is 1. The molecule has 5 N–H and O–H groups in total. The third-order valence-corrected chi connectivity index (χ3v) is 5.95. The fourth-order valence-corrected chi connectivity index (χ4v) is 3.88. The van der Waals surface area contributed by atoms with E-state index in [-0.39, 0.29) is 17.1 Å². The Balaban J connectivity index is 2.02. The predicted octanol–water partition coefficient (Wildman–Crippen LogP) is 3.97. The highest BCUT2D eigenvalue weighted by Crippen LogP contribution is 2.35. The molecule has 0 spiro atoms. The van der Waals surface area contributed by atoms with Gasteiger partial charge in [0.15, 0.2) is 17.1 Å². The summed E-state index contributed by atoms with van der Waals surface area (Å²) < 4.78 is 5.41. The van der Waals surface area contributed by atoms with Crippen LogP contribution in [0.3, 0.4) is 0 Å². The number of phenols is 1. The van der Waals surface area contributed by atoms with Crippen LogP contribution < -0.4 is 10.8 Å². The number of carbonyl (C=O) groups excluding carboxylic acids is 1. The summed E-state index contributed by atoms with van der Waals surface area (Å²) in [6, 6.07) is 3.82. The van der Waals surface area contributed by atoms with Crippen molar-refractivity contribution in [1.82, 2.24) is 0 Å². The van der Waals surface area contributed by atoms with Crippen molar-refractivity contribution in [3.05, 3.63) is 46.5 Å². The highest BCUT2D eigenvalue weighted by molar-refractivity contribution is 6.51. The molecule has 0 bridgehead atoms. The van der Waals surface area contributed by atoms with E-state index in [1.165, 1.54) is 25.7 Å². The Labute approximate surface area is 208 Å². The van der Waals surface area contributed by atoms with E-state index in [1.807, 2.05) is 32.9 Å². The Morgan fingerprint density at radius 3 is 2.53 bits per heavy atom. The van der Waals surface area contributed by atoms with Crippen LogP contribution in [0.5, 0.6) is 5.75 Å². The summed E-state index contributed by atoms with van der Waals surface area (Å²) in [5.41, 5.74) is 4.69. The molecule has 7 heteroatoms. The molecule has 0 saturated heterocycles. The van der Waals surface area contributed by atoms with E-state index < -0.39 is 0 Å². The molecule has 1 aromatic rings. The fourth-order valence-electron chi connectivity index (χ4n) is 3.70. The number of hydrogen-bond acceptors (Lipinski definition) is 4. The first-order valence-electron chi connectivity index (χ1n) is 12.2. The molecule has 0 aromatic heterocycles. The zero-order valence-corrected chi connectivity index (χ0v) is 21.8. The van der Waals surface area contributed by atoms with Gasteiger partial charge in [0.25, 0.3) is 0 Å². The van der Waals surface area contributed by atoms with Gasteiger partial charge in [-0.15, -0.1) is 0 Å². The van der Waals surface area contributed by atoms with Crippen LogP contribution >= 0.6 is 11.6 Å². The molecular weight excluding hydrogens is 450 g/mol. The molecule has 0 saturated carbocycles. The number of halogens is 1. The molecule has 0 atom stereocenters. The smallest absolute Gasteiger partial charge is 0.306 e. The average Bonchev–Trinajstić information content (AvgIpc) is 2.77. The average molecular weight is 490 g/mol. The van der Waals surface area contributed by atoms with E-state index in [2.05, 4.69) is 12.0 Å². The molecule has 186 valence electrons. The Morgan fingerprint density at radius 1 is 1.15 bits per heavy atom. The van der Waals surface area contributed by atoms with Crippen LogP contribution in [0.4, 0.5) is 5.69 Å². The van der Waals surface area contributed by atoms with Crippen LogP contribution in [0.2, 0.25) is 0 Å². The monoisotopic (exact) mass is 489 g/mol. The van der Waals surface area contributed by atoms with Gasteiger partial charge in [0.2, 0.25) is 5.71 Å². The van der Waals surface area contributed by atoms with Crippen LogP contribution in [-0.4, -0.2) is 29.1 Å². The van der Waals surface area contributed by atoms with Crippen molar-refractivity contribution in [1.29, 1.82) is 0 Å². The maximum Gasteiger partial charge on any atom is 0.306 e. The number of unbranched alkanes of at least 4 members (excludes halogenated alkanes) is 5. The fraction of sp³-hybridized carbons (Fsp3) is 0.519.